The third-order valence-electron chi connectivity index (χ3n) is 3.79. The molecule has 0 aliphatic heterocycles. The fourth-order valence-electron chi connectivity index (χ4n) is 2.52. The fourth-order valence-corrected chi connectivity index (χ4v) is 2.67. The molecule has 0 spiro atoms. The molecule has 3 rings (SSSR count). The van der Waals surface area contributed by atoms with Crippen LogP contribution < -0.4 is 5.32 Å². The summed E-state index contributed by atoms with van der Waals surface area (Å²) < 4.78 is 0. The highest BCUT2D eigenvalue weighted by Crippen LogP contribution is 2.48. The van der Waals surface area contributed by atoms with Crippen LogP contribution in [0.1, 0.15) is 36.2 Å². The summed E-state index contributed by atoms with van der Waals surface area (Å²) in [5.41, 5.74) is 0.299. The lowest BCUT2D eigenvalue weighted by molar-refractivity contribution is 0.0938. The average molecular weight is 266 g/mol. The molecule has 1 heterocycles. The number of amides is 1. The maximum atomic E-state index is 11.9. The predicted octanol–water partition coefficient (Wildman–Crippen LogP) is 2.30. The van der Waals surface area contributed by atoms with E-state index in [1.165, 1.54) is 38.1 Å². The number of carbonyl (C=O) groups is 1. The van der Waals surface area contributed by atoms with Gasteiger partial charge in [-0.1, -0.05) is 11.6 Å². The smallest absolute Gasteiger partial charge is 0.271 e. The molecule has 0 aromatic carbocycles. The van der Waals surface area contributed by atoms with Gasteiger partial charge in [0.1, 0.15) is 10.8 Å². The van der Waals surface area contributed by atoms with E-state index in [4.69, 9.17) is 11.6 Å². The number of hydrogen-bond acceptors (Lipinski definition) is 3. The van der Waals surface area contributed by atoms with Crippen molar-refractivity contribution in [1.82, 2.24) is 15.3 Å². The molecule has 2 aliphatic rings. The highest BCUT2D eigenvalue weighted by atomic mass is 35.5. The first-order valence-electron chi connectivity index (χ1n) is 6.50. The number of hydrogen-bond donors (Lipinski definition) is 1. The first-order valence-corrected chi connectivity index (χ1v) is 6.87. The molecule has 0 unspecified atom stereocenters. The Kier molecular flexibility index (Phi) is 3.20. The van der Waals surface area contributed by atoms with Crippen LogP contribution in [0.25, 0.3) is 0 Å². The van der Waals surface area contributed by atoms with E-state index in [0.717, 1.165) is 18.4 Å². The van der Waals surface area contributed by atoms with Crippen molar-refractivity contribution in [3.05, 3.63) is 23.2 Å². The molecule has 96 valence electrons. The van der Waals surface area contributed by atoms with Gasteiger partial charge in [0.2, 0.25) is 0 Å². The lowest BCUT2D eigenvalue weighted by atomic mass is 9.98. The second kappa shape index (κ2) is 4.84. The second-order valence-electron chi connectivity index (χ2n) is 5.28. The van der Waals surface area contributed by atoms with Gasteiger partial charge in [0.25, 0.3) is 5.91 Å². The van der Waals surface area contributed by atoms with E-state index in [-0.39, 0.29) is 11.1 Å². The number of rotatable bonds is 5. The van der Waals surface area contributed by atoms with Crippen LogP contribution in [0.15, 0.2) is 12.4 Å². The Morgan fingerprint density at radius 3 is 2.56 bits per heavy atom. The van der Waals surface area contributed by atoms with E-state index in [0.29, 0.717) is 11.6 Å². The number of carbonyl (C=O) groups excluding carboxylic acids is 1. The maximum absolute atomic E-state index is 11.9. The Bertz CT molecular complexity index is 445. The standard InChI is InChI=1S/C13H16ClN3O/c14-12-7-15-6-11(17-12)13(18)16-5-10(8-1-2-8)9-3-4-9/h6-10H,1-5H2,(H,16,18). The monoisotopic (exact) mass is 265 g/mol. The van der Waals surface area contributed by atoms with Crippen LogP contribution in [-0.4, -0.2) is 22.4 Å². The number of halogens is 1. The van der Waals surface area contributed by atoms with E-state index in [9.17, 15) is 4.79 Å². The Morgan fingerprint density at radius 2 is 2.00 bits per heavy atom. The minimum absolute atomic E-state index is 0.170. The molecule has 1 amide bonds. The normalized spacial score (nSPS) is 19.0. The molecular weight excluding hydrogens is 250 g/mol. The Labute approximate surface area is 111 Å². The first-order chi connectivity index (χ1) is 8.74. The zero-order valence-corrected chi connectivity index (χ0v) is 10.9. The van der Waals surface area contributed by atoms with Crippen molar-refractivity contribution in [3.63, 3.8) is 0 Å². The first kappa shape index (κ1) is 11.9. The van der Waals surface area contributed by atoms with Crippen LogP contribution in [0.2, 0.25) is 5.15 Å². The summed E-state index contributed by atoms with van der Waals surface area (Å²) in [6.45, 7) is 0.766. The molecule has 2 aliphatic carbocycles. The lowest BCUT2D eigenvalue weighted by Crippen LogP contribution is -2.31. The maximum Gasteiger partial charge on any atom is 0.271 e. The Morgan fingerprint density at radius 1 is 1.33 bits per heavy atom. The second-order valence-corrected chi connectivity index (χ2v) is 5.66. The van der Waals surface area contributed by atoms with E-state index in [2.05, 4.69) is 15.3 Å². The van der Waals surface area contributed by atoms with E-state index in [1.54, 1.807) is 0 Å². The summed E-state index contributed by atoms with van der Waals surface area (Å²) in [4.78, 5) is 19.8. The van der Waals surface area contributed by atoms with E-state index in [1.807, 2.05) is 0 Å². The zero-order valence-electron chi connectivity index (χ0n) is 10.1. The van der Waals surface area contributed by atoms with Crippen molar-refractivity contribution in [1.29, 1.82) is 0 Å². The fraction of sp³-hybridized carbons (Fsp3) is 0.615. The molecule has 1 aromatic heterocycles. The third-order valence-corrected chi connectivity index (χ3v) is 3.97. The van der Waals surface area contributed by atoms with Gasteiger partial charge < -0.3 is 5.32 Å². The van der Waals surface area contributed by atoms with Gasteiger partial charge >= 0.3 is 0 Å². The van der Waals surface area contributed by atoms with Crippen molar-refractivity contribution in [3.8, 4) is 0 Å². The summed E-state index contributed by atoms with van der Waals surface area (Å²) in [7, 11) is 0. The number of nitrogens with one attached hydrogen (secondary N) is 1. The molecule has 1 aromatic rings. The molecule has 5 heteroatoms. The summed E-state index contributed by atoms with van der Waals surface area (Å²) in [5.74, 6) is 2.17. The van der Waals surface area contributed by atoms with Crippen LogP contribution >= 0.6 is 11.6 Å². The van der Waals surface area contributed by atoms with Crippen LogP contribution in [-0.2, 0) is 0 Å². The van der Waals surface area contributed by atoms with E-state index < -0.39 is 0 Å². The quantitative estimate of drug-likeness (QED) is 0.889. The molecule has 1 N–H and O–H groups in total. The summed E-state index contributed by atoms with van der Waals surface area (Å²) in [5, 5.41) is 3.22. The number of aromatic nitrogens is 2. The molecule has 0 atom stereocenters. The van der Waals surface area contributed by atoms with Crippen LogP contribution in [0.4, 0.5) is 0 Å². The van der Waals surface area contributed by atoms with Gasteiger partial charge in [-0.05, 0) is 43.4 Å². The number of nitrogens with zero attached hydrogens (tertiary/aromatic N) is 2. The summed E-state index contributed by atoms with van der Waals surface area (Å²) in [6, 6.07) is 0. The van der Waals surface area contributed by atoms with Gasteiger partial charge in [-0.15, -0.1) is 0 Å². The minimum Gasteiger partial charge on any atom is -0.350 e. The van der Waals surface area contributed by atoms with Crippen molar-refractivity contribution < 1.29 is 4.79 Å². The average Bonchev–Trinajstić information content (AvgIpc) is 3.23. The molecule has 0 saturated heterocycles. The van der Waals surface area contributed by atoms with Crippen molar-refractivity contribution in [2.75, 3.05) is 6.54 Å². The van der Waals surface area contributed by atoms with Crippen LogP contribution in [0.5, 0.6) is 0 Å². The van der Waals surface area contributed by atoms with E-state index >= 15 is 0 Å². The van der Waals surface area contributed by atoms with Gasteiger partial charge in [0.05, 0.1) is 12.4 Å². The van der Waals surface area contributed by atoms with Crippen LogP contribution in [0.3, 0.4) is 0 Å². The van der Waals surface area contributed by atoms with Gasteiger partial charge in [0, 0.05) is 6.54 Å². The molecule has 0 radical (unpaired) electrons. The van der Waals surface area contributed by atoms with Gasteiger partial charge in [-0.2, -0.15) is 0 Å². The molecule has 18 heavy (non-hydrogen) atoms. The van der Waals surface area contributed by atoms with Crippen molar-refractivity contribution in [2.45, 2.75) is 25.7 Å². The third kappa shape index (κ3) is 2.80. The highest BCUT2D eigenvalue weighted by molar-refractivity contribution is 6.29. The van der Waals surface area contributed by atoms with Gasteiger partial charge in [-0.25, -0.2) is 4.98 Å². The van der Waals surface area contributed by atoms with Crippen molar-refractivity contribution in [2.24, 2.45) is 17.8 Å². The molecule has 2 saturated carbocycles. The highest BCUT2D eigenvalue weighted by Gasteiger charge is 2.41. The zero-order chi connectivity index (χ0) is 12.5. The predicted molar refractivity (Wildman–Crippen MR) is 68.3 cm³/mol. The minimum atomic E-state index is -0.170. The Hall–Kier alpha value is -1.16. The van der Waals surface area contributed by atoms with Crippen molar-refractivity contribution >= 4 is 17.5 Å². The molecule has 0 bridgehead atoms. The van der Waals surface area contributed by atoms with Gasteiger partial charge in [-0.3, -0.25) is 9.78 Å². The summed E-state index contributed by atoms with van der Waals surface area (Å²) in [6.07, 6.45) is 8.18. The van der Waals surface area contributed by atoms with Gasteiger partial charge in [0.15, 0.2) is 0 Å². The van der Waals surface area contributed by atoms with Crippen LogP contribution in [0, 0.1) is 17.8 Å². The lowest BCUT2D eigenvalue weighted by Gasteiger charge is -2.15. The SMILES string of the molecule is O=C(NCC(C1CC1)C1CC1)c1cncc(Cl)n1. The topological polar surface area (TPSA) is 54.9 Å². The summed E-state index contributed by atoms with van der Waals surface area (Å²) >= 11 is 5.72. The largest absolute Gasteiger partial charge is 0.350 e. The molecular formula is C13H16ClN3O. The Balaban J connectivity index is 1.57. The molecule has 4 nitrogen and oxygen atoms in total. The molecule has 2 fully saturated rings.